The summed E-state index contributed by atoms with van der Waals surface area (Å²) >= 11 is 13.5. The molecule has 0 aromatic heterocycles. The summed E-state index contributed by atoms with van der Waals surface area (Å²) in [6, 6.07) is 5.37. The number of benzene rings is 1. The van der Waals surface area contributed by atoms with E-state index in [1.54, 1.807) is 12.1 Å². The van der Waals surface area contributed by atoms with Crippen LogP contribution in [0.2, 0.25) is 10.0 Å². The van der Waals surface area contributed by atoms with Crippen molar-refractivity contribution in [1.29, 1.82) is 0 Å². The molecule has 1 nitrogen and oxygen atoms in total. The van der Waals surface area contributed by atoms with Crippen LogP contribution in [-0.4, -0.2) is 17.3 Å². The van der Waals surface area contributed by atoms with Crippen LogP contribution in [0.5, 0.6) is 0 Å². The van der Waals surface area contributed by atoms with E-state index in [1.165, 1.54) is 0 Å². The summed E-state index contributed by atoms with van der Waals surface area (Å²) in [5.41, 5.74) is 0.950. The predicted molar refractivity (Wildman–Crippen MR) is 66.0 cm³/mol. The zero-order valence-corrected chi connectivity index (χ0v) is 10.3. The topological polar surface area (TPSA) is 17.1 Å². The largest absolute Gasteiger partial charge is 0.299 e. The zero-order chi connectivity index (χ0) is 10.8. The van der Waals surface area contributed by atoms with Gasteiger partial charge in [-0.1, -0.05) is 29.3 Å². The lowest BCUT2D eigenvalue weighted by Gasteiger charge is -2.23. The second kappa shape index (κ2) is 4.77. The third-order valence-corrected chi connectivity index (χ3v) is 4.47. The van der Waals surface area contributed by atoms with E-state index in [0.717, 1.165) is 17.1 Å². The molecule has 1 aliphatic heterocycles. The zero-order valence-electron chi connectivity index (χ0n) is 8.00. The minimum atomic E-state index is 0.254. The van der Waals surface area contributed by atoms with E-state index in [0.29, 0.717) is 22.2 Å². The molecule has 1 fully saturated rings. The van der Waals surface area contributed by atoms with E-state index in [2.05, 4.69) is 0 Å². The van der Waals surface area contributed by atoms with Crippen molar-refractivity contribution in [2.45, 2.75) is 6.42 Å². The van der Waals surface area contributed by atoms with Gasteiger partial charge < -0.3 is 0 Å². The van der Waals surface area contributed by atoms with Gasteiger partial charge in [-0.05, 0) is 17.7 Å². The number of rotatable bonds is 3. The molecule has 0 unspecified atom stereocenters. The number of ketones is 1. The molecule has 1 aliphatic rings. The SMILES string of the molecule is O=C(Cc1ccc(Cl)c(Cl)c1)C1CSC1. The first-order valence-electron chi connectivity index (χ1n) is 4.71. The molecule has 80 valence electrons. The van der Waals surface area contributed by atoms with E-state index in [-0.39, 0.29) is 5.92 Å². The third kappa shape index (κ3) is 2.68. The highest BCUT2D eigenvalue weighted by molar-refractivity contribution is 8.00. The smallest absolute Gasteiger partial charge is 0.141 e. The Morgan fingerprint density at radius 1 is 1.33 bits per heavy atom. The van der Waals surface area contributed by atoms with Crippen molar-refractivity contribution in [3.63, 3.8) is 0 Å². The van der Waals surface area contributed by atoms with Crippen LogP contribution in [0.3, 0.4) is 0 Å². The third-order valence-electron chi connectivity index (χ3n) is 2.46. The number of halogens is 2. The monoisotopic (exact) mass is 260 g/mol. The van der Waals surface area contributed by atoms with E-state index >= 15 is 0 Å². The lowest BCUT2D eigenvalue weighted by molar-refractivity contribution is -0.121. The molecule has 0 bridgehead atoms. The standard InChI is InChI=1S/C11H10Cl2OS/c12-9-2-1-7(3-10(9)13)4-11(14)8-5-15-6-8/h1-3,8H,4-6H2. The molecular weight excluding hydrogens is 251 g/mol. The molecule has 0 saturated carbocycles. The minimum absolute atomic E-state index is 0.254. The van der Waals surface area contributed by atoms with Gasteiger partial charge >= 0.3 is 0 Å². The van der Waals surface area contributed by atoms with E-state index in [4.69, 9.17) is 23.2 Å². The molecule has 0 spiro atoms. The van der Waals surface area contributed by atoms with Gasteiger partial charge in [0.05, 0.1) is 10.0 Å². The second-order valence-electron chi connectivity index (χ2n) is 3.63. The molecule has 15 heavy (non-hydrogen) atoms. The number of carbonyl (C=O) groups is 1. The molecule has 0 N–H and O–H groups in total. The van der Waals surface area contributed by atoms with Gasteiger partial charge in [0.2, 0.25) is 0 Å². The number of Topliss-reactive ketones (excluding diaryl/α,β-unsaturated/α-hetero) is 1. The van der Waals surface area contributed by atoms with Crippen LogP contribution in [0.4, 0.5) is 0 Å². The fourth-order valence-electron chi connectivity index (χ4n) is 1.42. The number of thioether (sulfide) groups is 1. The molecular formula is C11H10Cl2OS. The summed E-state index contributed by atoms with van der Waals surface area (Å²) in [6.07, 6.45) is 0.474. The first kappa shape index (κ1) is 11.3. The van der Waals surface area contributed by atoms with E-state index in [9.17, 15) is 4.79 Å². The fourth-order valence-corrected chi connectivity index (χ4v) is 2.58. The Bertz CT molecular complexity index is 388. The molecule has 0 aliphatic carbocycles. The average Bonchev–Trinajstić information content (AvgIpc) is 2.08. The molecule has 1 heterocycles. The summed E-state index contributed by atoms with van der Waals surface area (Å²) in [6.45, 7) is 0. The normalized spacial score (nSPS) is 16.1. The molecule has 1 aromatic carbocycles. The van der Waals surface area contributed by atoms with Crippen molar-refractivity contribution in [1.82, 2.24) is 0 Å². The number of hydrogen-bond acceptors (Lipinski definition) is 2. The Balaban J connectivity index is 2.03. The number of hydrogen-bond donors (Lipinski definition) is 0. The maximum atomic E-state index is 11.7. The minimum Gasteiger partial charge on any atom is -0.299 e. The Labute approximate surface area is 103 Å². The Morgan fingerprint density at radius 3 is 2.60 bits per heavy atom. The molecule has 0 atom stereocenters. The summed E-state index contributed by atoms with van der Waals surface area (Å²) < 4.78 is 0. The molecule has 0 amide bonds. The van der Waals surface area contributed by atoms with Crippen LogP contribution in [0, 0.1) is 5.92 Å². The first-order chi connectivity index (χ1) is 7.16. The van der Waals surface area contributed by atoms with Crippen molar-refractivity contribution in [3.05, 3.63) is 33.8 Å². The van der Waals surface area contributed by atoms with Gasteiger partial charge in [-0.25, -0.2) is 0 Å². The molecule has 2 rings (SSSR count). The van der Waals surface area contributed by atoms with Gasteiger partial charge in [-0.3, -0.25) is 4.79 Å². The summed E-state index contributed by atoms with van der Waals surface area (Å²) in [5.74, 6) is 2.51. The highest BCUT2D eigenvalue weighted by Gasteiger charge is 2.25. The maximum absolute atomic E-state index is 11.7. The quantitative estimate of drug-likeness (QED) is 0.828. The summed E-state index contributed by atoms with van der Waals surface area (Å²) in [4.78, 5) is 11.7. The lowest BCUT2D eigenvalue weighted by Crippen LogP contribution is -2.28. The summed E-state index contributed by atoms with van der Waals surface area (Å²) in [7, 11) is 0. The van der Waals surface area contributed by atoms with Gasteiger partial charge in [0.25, 0.3) is 0 Å². The van der Waals surface area contributed by atoms with Crippen LogP contribution < -0.4 is 0 Å². The van der Waals surface area contributed by atoms with Crippen LogP contribution in [-0.2, 0) is 11.2 Å². The van der Waals surface area contributed by atoms with Crippen LogP contribution >= 0.6 is 35.0 Å². The van der Waals surface area contributed by atoms with Crippen molar-refractivity contribution < 1.29 is 4.79 Å². The first-order valence-corrected chi connectivity index (χ1v) is 6.62. The highest BCUT2D eigenvalue weighted by Crippen LogP contribution is 2.27. The second-order valence-corrected chi connectivity index (χ2v) is 5.52. The highest BCUT2D eigenvalue weighted by atomic mass is 35.5. The van der Waals surface area contributed by atoms with E-state index < -0.39 is 0 Å². The molecule has 0 radical (unpaired) electrons. The van der Waals surface area contributed by atoms with Crippen molar-refractivity contribution in [2.75, 3.05) is 11.5 Å². The van der Waals surface area contributed by atoms with Crippen molar-refractivity contribution >= 4 is 40.7 Å². The van der Waals surface area contributed by atoms with Gasteiger partial charge in [-0.15, -0.1) is 0 Å². The van der Waals surface area contributed by atoms with Crippen LogP contribution in [0.25, 0.3) is 0 Å². The lowest BCUT2D eigenvalue weighted by atomic mass is 10.0. The summed E-state index contributed by atoms with van der Waals surface area (Å²) in [5, 5.41) is 1.05. The van der Waals surface area contributed by atoms with Gasteiger partial charge in [0.15, 0.2) is 0 Å². The Kier molecular flexibility index (Phi) is 3.60. The maximum Gasteiger partial charge on any atom is 0.141 e. The Hall–Kier alpha value is -0.180. The van der Waals surface area contributed by atoms with Crippen molar-refractivity contribution in [3.8, 4) is 0 Å². The molecule has 1 saturated heterocycles. The van der Waals surface area contributed by atoms with Crippen LogP contribution in [0.1, 0.15) is 5.56 Å². The van der Waals surface area contributed by atoms with Gasteiger partial charge in [-0.2, -0.15) is 11.8 Å². The molecule has 4 heteroatoms. The van der Waals surface area contributed by atoms with E-state index in [1.807, 2.05) is 17.8 Å². The van der Waals surface area contributed by atoms with Crippen LogP contribution in [0.15, 0.2) is 18.2 Å². The van der Waals surface area contributed by atoms with Gasteiger partial charge in [0, 0.05) is 23.8 Å². The predicted octanol–water partition coefficient (Wildman–Crippen LogP) is 3.47. The average molecular weight is 261 g/mol. The number of carbonyl (C=O) groups excluding carboxylic acids is 1. The van der Waals surface area contributed by atoms with Gasteiger partial charge in [0.1, 0.15) is 5.78 Å². The Morgan fingerprint density at radius 2 is 2.07 bits per heavy atom. The van der Waals surface area contributed by atoms with Crippen molar-refractivity contribution in [2.24, 2.45) is 5.92 Å². The molecule has 1 aromatic rings. The fraction of sp³-hybridized carbons (Fsp3) is 0.364.